The summed E-state index contributed by atoms with van der Waals surface area (Å²) in [5.74, 6) is -0.0837. The number of halogens is 1. The molecule has 1 saturated carbocycles. The Morgan fingerprint density at radius 3 is 2.74 bits per heavy atom. The number of ether oxygens (including phenoxy) is 1. The highest BCUT2D eigenvalue weighted by atomic mass is 32.2. The van der Waals surface area contributed by atoms with Gasteiger partial charge in [-0.15, -0.1) is 11.3 Å². The van der Waals surface area contributed by atoms with Crippen LogP contribution in [0.3, 0.4) is 0 Å². The number of rotatable bonds is 6. The Labute approximate surface area is 200 Å². The topological polar surface area (TPSA) is 101 Å². The Morgan fingerprint density at radius 2 is 2.06 bits per heavy atom. The molecule has 8 nitrogen and oxygen atoms in total. The van der Waals surface area contributed by atoms with E-state index in [1.54, 1.807) is 18.3 Å². The molecule has 0 atom stereocenters. The molecule has 1 aliphatic carbocycles. The van der Waals surface area contributed by atoms with Crippen LogP contribution >= 0.6 is 11.3 Å². The number of hydrogen-bond acceptors (Lipinski definition) is 6. The minimum absolute atomic E-state index is 0.0382. The predicted molar refractivity (Wildman–Crippen MR) is 130 cm³/mol. The number of carbonyl (C=O) groups excluding carboxylic acids is 1. The summed E-state index contributed by atoms with van der Waals surface area (Å²) in [7, 11) is -3.22. The number of urea groups is 1. The molecule has 0 unspecified atom stereocenters. The lowest BCUT2D eigenvalue weighted by molar-refractivity contribution is 0.251. The molecule has 3 heterocycles. The van der Waals surface area contributed by atoms with Gasteiger partial charge in [-0.3, -0.25) is 4.98 Å². The van der Waals surface area contributed by atoms with Crippen LogP contribution in [0.25, 0.3) is 15.8 Å². The summed E-state index contributed by atoms with van der Waals surface area (Å²) in [5, 5.41) is 5.42. The molecule has 1 aromatic carbocycles. The van der Waals surface area contributed by atoms with Gasteiger partial charge in [0.25, 0.3) is 0 Å². The Bertz CT molecular complexity index is 1400. The average Bonchev–Trinajstić information content (AvgIpc) is 3.49. The van der Waals surface area contributed by atoms with E-state index in [0.29, 0.717) is 30.9 Å². The summed E-state index contributed by atoms with van der Waals surface area (Å²) in [5.41, 5.74) is 2.12. The van der Waals surface area contributed by atoms with E-state index in [1.165, 1.54) is 34.0 Å². The number of aromatic nitrogens is 1. The molecule has 0 radical (unpaired) electrons. The molecule has 0 saturated heterocycles. The van der Waals surface area contributed by atoms with Crippen LogP contribution in [-0.4, -0.2) is 49.1 Å². The van der Waals surface area contributed by atoms with Gasteiger partial charge in [0.05, 0.1) is 16.5 Å². The van der Waals surface area contributed by atoms with Crippen molar-refractivity contribution in [2.45, 2.75) is 25.3 Å². The summed E-state index contributed by atoms with van der Waals surface area (Å²) < 4.78 is 46.3. The van der Waals surface area contributed by atoms with Gasteiger partial charge in [-0.25, -0.2) is 17.6 Å². The number of thiophene rings is 1. The molecule has 11 heteroatoms. The van der Waals surface area contributed by atoms with Gasteiger partial charge in [-0.05, 0) is 43.0 Å². The number of nitrogens with one attached hydrogen (secondary N) is 2. The lowest BCUT2D eigenvalue weighted by Gasteiger charge is -2.23. The van der Waals surface area contributed by atoms with Crippen molar-refractivity contribution in [1.29, 1.82) is 0 Å². The Balaban J connectivity index is 1.34. The van der Waals surface area contributed by atoms with Crippen LogP contribution in [0.1, 0.15) is 24.1 Å². The van der Waals surface area contributed by atoms with Gasteiger partial charge in [0.2, 0.25) is 10.0 Å². The molecule has 3 aromatic rings. The van der Waals surface area contributed by atoms with Crippen molar-refractivity contribution in [3.63, 3.8) is 0 Å². The van der Waals surface area contributed by atoms with Crippen molar-refractivity contribution in [3.8, 4) is 11.5 Å². The standard InChI is InChI=1S/C23H23FN4O4S2/c1-34(30,31)28-10-7-14(8-11-28)21-13-18-22(33-21)20(6-9-25-18)32-19-5-4-16(12-17(19)24)27-23(29)26-15-2-3-15/h4-7,9,12-13,15H,2-3,8,10-11H2,1H3,(H2,26,27,29). The van der Waals surface area contributed by atoms with Crippen molar-refractivity contribution in [3.05, 3.63) is 53.3 Å². The van der Waals surface area contributed by atoms with E-state index in [2.05, 4.69) is 15.6 Å². The van der Waals surface area contributed by atoms with Crippen molar-refractivity contribution >= 4 is 48.9 Å². The maximum atomic E-state index is 14.7. The number of fused-ring (bicyclic) bond motifs is 1. The molecule has 0 spiro atoms. The van der Waals surface area contributed by atoms with Crippen molar-refractivity contribution in [2.75, 3.05) is 24.7 Å². The van der Waals surface area contributed by atoms with Gasteiger partial charge >= 0.3 is 6.03 Å². The van der Waals surface area contributed by atoms with Gasteiger partial charge in [0.1, 0.15) is 5.75 Å². The number of benzene rings is 1. The number of anilines is 1. The normalized spacial score (nSPS) is 16.8. The quantitative estimate of drug-likeness (QED) is 0.515. The van der Waals surface area contributed by atoms with E-state index < -0.39 is 15.8 Å². The number of hydrogen-bond donors (Lipinski definition) is 2. The number of carbonyl (C=O) groups is 1. The zero-order chi connectivity index (χ0) is 23.9. The molecule has 2 aromatic heterocycles. The SMILES string of the molecule is CS(=O)(=O)N1CC=C(c2cc3nccc(Oc4ccc(NC(=O)NC5CC5)cc4F)c3s2)CC1. The van der Waals surface area contributed by atoms with Crippen molar-refractivity contribution < 1.29 is 22.3 Å². The lowest BCUT2D eigenvalue weighted by atomic mass is 10.1. The minimum atomic E-state index is -3.22. The third-order valence-electron chi connectivity index (χ3n) is 5.66. The zero-order valence-electron chi connectivity index (χ0n) is 18.4. The van der Waals surface area contributed by atoms with Crippen LogP contribution in [0.4, 0.5) is 14.9 Å². The number of sulfonamides is 1. The molecule has 5 rings (SSSR count). The van der Waals surface area contributed by atoms with Gasteiger partial charge < -0.3 is 15.4 Å². The molecular weight excluding hydrogens is 479 g/mol. The third kappa shape index (κ3) is 5.06. The maximum Gasteiger partial charge on any atom is 0.319 e. The molecule has 1 fully saturated rings. The maximum absolute atomic E-state index is 14.7. The molecule has 1 aliphatic heterocycles. The summed E-state index contributed by atoms with van der Waals surface area (Å²) in [6.07, 6.45) is 7.27. The number of amides is 2. The van der Waals surface area contributed by atoms with E-state index in [4.69, 9.17) is 4.74 Å². The first-order chi connectivity index (χ1) is 16.3. The Kier molecular flexibility index (Phi) is 6.00. The average molecular weight is 503 g/mol. The highest BCUT2D eigenvalue weighted by Gasteiger charge is 2.24. The highest BCUT2D eigenvalue weighted by molar-refractivity contribution is 7.88. The molecule has 34 heavy (non-hydrogen) atoms. The van der Waals surface area contributed by atoms with Crippen LogP contribution in [0.15, 0.2) is 42.6 Å². The highest BCUT2D eigenvalue weighted by Crippen LogP contribution is 2.39. The largest absolute Gasteiger partial charge is 0.453 e. The molecule has 2 aliphatic rings. The molecule has 2 amide bonds. The van der Waals surface area contributed by atoms with Crippen molar-refractivity contribution in [1.82, 2.24) is 14.6 Å². The first-order valence-electron chi connectivity index (χ1n) is 10.8. The summed E-state index contributed by atoms with van der Waals surface area (Å²) in [6.45, 7) is 0.767. The molecule has 0 bridgehead atoms. The van der Waals surface area contributed by atoms with E-state index in [9.17, 15) is 17.6 Å². The second-order valence-electron chi connectivity index (χ2n) is 8.35. The second kappa shape index (κ2) is 8.97. The van der Waals surface area contributed by atoms with E-state index in [-0.39, 0.29) is 17.8 Å². The summed E-state index contributed by atoms with van der Waals surface area (Å²) in [4.78, 5) is 17.3. The van der Waals surface area contributed by atoms with Crippen LogP contribution in [-0.2, 0) is 10.0 Å². The van der Waals surface area contributed by atoms with Gasteiger partial charge in [0.15, 0.2) is 11.6 Å². The van der Waals surface area contributed by atoms with Crippen LogP contribution in [0.2, 0.25) is 0 Å². The fourth-order valence-corrected chi connectivity index (χ4v) is 5.59. The fourth-order valence-electron chi connectivity index (χ4n) is 3.69. The second-order valence-corrected chi connectivity index (χ2v) is 11.4. The molecular formula is C23H23FN4O4S2. The Morgan fingerprint density at radius 1 is 1.24 bits per heavy atom. The zero-order valence-corrected chi connectivity index (χ0v) is 20.0. The first kappa shape index (κ1) is 22.8. The molecule has 2 N–H and O–H groups in total. The van der Waals surface area contributed by atoms with Gasteiger partial charge in [-0.1, -0.05) is 6.08 Å². The van der Waals surface area contributed by atoms with E-state index in [1.807, 2.05) is 12.1 Å². The number of nitrogens with zero attached hydrogens (tertiary/aromatic N) is 2. The Hall–Kier alpha value is -3.02. The van der Waals surface area contributed by atoms with E-state index >= 15 is 0 Å². The van der Waals surface area contributed by atoms with Gasteiger partial charge in [-0.2, -0.15) is 4.31 Å². The van der Waals surface area contributed by atoms with Crippen LogP contribution < -0.4 is 15.4 Å². The van der Waals surface area contributed by atoms with Crippen molar-refractivity contribution in [2.24, 2.45) is 0 Å². The summed E-state index contributed by atoms with van der Waals surface area (Å²) >= 11 is 1.48. The lowest BCUT2D eigenvalue weighted by Crippen LogP contribution is -2.33. The van der Waals surface area contributed by atoms with Crippen LogP contribution in [0, 0.1) is 5.82 Å². The fraction of sp³-hybridized carbons (Fsp3) is 0.304. The van der Waals surface area contributed by atoms with Crippen LogP contribution in [0.5, 0.6) is 11.5 Å². The number of pyridine rings is 1. The predicted octanol–water partition coefficient (Wildman–Crippen LogP) is 4.56. The summed E-state index contributed by atoms with van der Waals surface area (Å²) in [6, 6.07) is 7.76. The molecule has 178 valence electrons. The smallest absolute Gasteiger partial charge is 0.319 e. The minimum Gasteiger partial charge on any atom is -0.453 e. The first-order valence-corrected chi connectivity index (χ1v) is 13.5. The monoisotopic (exact) mass is 502 g/mol. The van der Waals surface area contributed by atoms with Gasteiger partial charge in [0, 0.05) is 48.0 Å². The van der Waals surface area contributed by atoms with E-state index in [0.717, 1.165) is 33.5 Å². The third-order valence-corrected chi connectivity index (χ3v) is 8.14.